The van der Waals surface area contributed by atoms with Gasteiger partial charge in [0.2, 0.25) is 0 Å². The Kier molecular flexibility index (Phi) is 7.61. The van der Waals surface area contributed by atoms with E-state index in [2.05, 4.69) is 35.8 Å². The maximum absolute atomic E-state index is 14.6. The molecule has 0 saturated carbocycles. The quantitative estimate of drug-likeness (QED) is 0.394. The molecule has 0 radical (unpaired) electrons. The minimum atomic E-state index is -0.355. The Balaban J connectivity index is 1.38. The molecule has 3 aromatic carbocycles. The molecule has 0 spiro atoms. The van der Waals surface area contributed by atoms with Crippen molar-refractivity contribution < 1.29 is 13.5 Å². The van der Waals surface area contributed by atoms with E-state index in [4.69, 9.17) is 4.74 Å². The SMILES string of the molecule is CC(C)c1ccc(O[C@H](CCN2CCN(c3ccc(F)cc3)CC2)c2ccccc2F)cc1. The summed E-state index contributed by atoms with van der Waals surface area (Å²) in [6, 6.07) is 21.7. The molecule has 1 atom stereocenters. The van der Waals surface area contributed by atoms with Crippen molar-refractivity contribution in [2.45, 2.75) is 32.3 Å². The average molecular weight is 451 g/mol. The van der Waals surface area contributed by atoms with Crippen LogP contribution in [0.25, 0.3) is 0 Å². The van der Waals surface area contributed by atoms with E-state index in [0.717, 1.165) is 44.2 Å². The van der Waals surface area contributed by atoms with Crippen LogP contribution >= 0.6 is 0 Å². The summed E-state index contributed by atoms with van der Waals surface area (Å²) in [6.45, 7) is 8.72. The first kappa shape index (κ1) is 23.2. The maximum Gasteiger partial charge on any atom is 0.130 e. The fraction of sp³-hybridized carbons (Fsp3) is 0.357. The number of halogens is 2. The van der Waals surface area contributed by atoms with Crippen LogP contribution in [-0.2, 0) is 0 Å². The van der Waals surface area contributed by atoms with Crippen molar-refractivity contribution in [3.8, 4) is 5.75 Å². The molecule has 0 aromatic heterocycles. The van der Waals surface area contributed by atoms with Gasteiger partial charge in [-0.15, -0.1) is 0 Å². The molecule has 0 unspecified atom stereocenters. The summed E-state index contributed by atoms with van der Waals surface area (Å²) in [6.07, 6.45) is 0.342. The van der Waals surface area contributed by atoms with E-state index in [1.807, 2.05) is 36.4 Å². The Morgan fingerprint density at radius 2 is 1.48 bits per heavy atom. The van der Waals surface area contributed by atoms with Crippen LogP contribution in [-0.4, -0.2) is 37.6 Å². The lowest BCUT2D eigenvalue weighted by Gasteiger charge is -2.36. The highest BCUT2D eigenvalue weighted by Gasteiger charge is 2.22. The van der Waals surface area contributed by atoms with Gasteiger partial charge in [-0.05, 0) is 53.9 Å². The van der Waals surface area contributed by atoms with Crippen LogP contribution in [0.2, 0.25) is 0 Å². The molecule has 1 fully saturated rings. The van der Waals surface area contributed by atoms with Gasteiger partial charge in [0.15, 0.2) is 0 Å². The van der Waals surface area contributed by atoms with Gasteiger partial charge < -0.3 is 9.64 Å². The molecule has 1 saturated heterocycles. The monoisotopic (exact) mass is 450 g/mol. The summed E-state index contributed by atoms with van der Waals surface area (Å²) in [5.74, 6) is 0.765. The van der Waals surface area contributed by atoms with Crippen molar-refractivity contribution >= 4 is 5.69 Å². The fourth-order valence-electron chi connectivity index (χ4n) is 4.29. The largest absolute Gasteiger partial charge is 0.486 e. The summed E-state index contributed by atoms with van der Waals surface area (Å²) in [4.78, 5) is 4.66. The molecular formula is C28H32F2N2O. The van der Waals surface area contributed by atoms with Gasteiger partial charge in [-0.3, -0.25) is 4.90 Å². The molecule has 3 aromatic rings. The topological polar surface area (TPSA) is 15.7 Å². The lowest BCUT2D eigenvalue weighted by molar-refractivity contribution is 0.157. The highest BCUT2D eigenvalue weighted by Crippen LogP contribution is 2.29. The van der Waals surface area contributed by atoms with Crippen LogP contribution in [0.5, 0.6) is 5.75 Å². The van der Waals surface area contributed by atoms with E-state index in [0.29, 0.717) is 17.9 Å². The lowest BCUT2D eigenvalue weighted by Crippen LogP contribution is -2.46. The Morgan fingerprint density at radius 3 is 2.12 bits per heavy atom. The maximum atomic E-state index is 14.6. The van der Waals surface area contributed by atoms with Crippen LogP contribution in [0.3, 0.4) is 0 Å². The Morgan fingerprint density at radius 1 is 0.818 bits per heavy atom. The molecule has 33 heavy (non-hydrogen) atoms. The molecular weight excluding hydrogens is 418 g/mol. The second kappa shape index (κ2) is 10.8. The van der Waals surface area contributed by atoms with Gasteiger partial charge in [0, 0.05) is 50.4 Å². The van der Waals surface area contributed by atoms with Gasteiger partial charge in [0.05, 0.1) is 0 Å². The standard InChI is InChI=1S/C28H32F2N2O/c1-21(2)22-7-13-25(14-8-22)33-28(26-5-3-4-6-27(26)30)15-16-31-17-19-32(20-18-31)24-11-9-23(29)10-12-24/h3-14,21,28H,15-20H2,1-2H3/t28-/m1/s1. The van der Waals surface area contributed by atoms with Crippen molar-refractivity contribution in [3.05, 3.63) is 95.6 Å². The third-order valence-corrected chi connectivity index (χ3v) is 6.35. The molecule has 0 aliphatic carbocycles. The first-order valence-electron chi connectivity index (χ1n) is 11.7. The molecule has 174 valence electrons. The number of rotatable bonds is 8. The van der Waals surface area contributed by atoms with E-state index < -0.39 is 0 Å². The first-order valence-corrected chi connectivity index (χ1v) is 11.7. The first-order chi connectivity index (χ1) is 16.0. The Bertz CT molecular complexity index is 1010. The molecule has 5 heteroatoms. The number of hydrogen-bond donors (Lipinski definition) is 0. The average Bonchev–Trinajstić information content (AvgIpc) is 2.83. The van der Waals surface area contributed by atoms with Gasteiger partial charge in [-0.25, -0.2) is 8.78 Å². The van der Waals surface area contributed by atoms with Crippen molar-refractivity contribution in [1.82, 2.24) is 4.90 Å². The minimum absolute atomic E-state index is 0.213. The van der Waals surface area contributed by atoms with Crippen LogP contribution in [0.15, 0.2) is 72.8 Å². The number of benzene rings is 3. The van der Waals surface area contributed by atoms with Crippen LogP contribution < -0.4 is 9.64 Å². The van der Waals surface area contributed by atoms with E-state index in [1.54, 1.807) is 6.07 Å². The Hall–Kier alpha value is -2.92. The predicted octanol–water partition coefficient (Wildman–Crippen LogP) is 6.42. The van der Waals surface area contributed by atoms with E-state index in [1.165, 1.54) is 23.8 Å². The summed E-state index contributed by atoms with van der Waals surface area (Å²) < 4.78 is 34.1. The van der Waals surface area contributed by atoms with Crippen molar-refractivity contribution in [2.75, 3.05) is 37.6 Å². The van der Waals surface area contributed by atoms with Gasteiger partial charge in [0.25, 0.3) is 0 Å². The lowest BCUT2D eigenvalue weighted by atomic mass is 10.0. The molecule has 0 bridgehead atoms. The summed E-state index contributed by atoms with van der Waals surface area (Å²) >= 11 is 0. The summed E-state index contributed by atoms with van der Waals surface area (Å²) in [5, 5.41) is 0. The second-order valence-electron chi connectivity index (χ2n) is 8.95. The second-order valence-corrected chi connectivity index (χ2v) is 8.95. The zero-order chi connectivity index (χ0) is 23.2. The summed E-state index contributed by atoms with van der Waals surface area (Å²) in [5.41, 5.74) is 2.90. The molecule has 0 N–H and O–H groups in total. The highest BCUT2D eigenvalue weighted by molar-refractivity contribution is 5.46. The van der Waals surface area contributed by atoms with Crippen molar-refractivity contribution in [2.24, 2.45) is 0 Å². The van der Waals surface area contributed by atoms with Gasteiger partial charge in [0.1, 0.15) is 23.5 Å². The minimum Gasteiger partial charge on any atom is -0.486 e. The Labute approximate surface area is 195 Å². The fourth-order valence-corrected chi connectivity index (χ4v) is 4.29. The smallest absolute Gasteiger partial charge is 0.130 e. The van der Waals surface area contributed by atoms with Crippen molar-refractivity contribution in [1.29, 1.82) is 0 Å². The summed E-state index contributed by atoms with van der Waals surface area (Å²) in [7, 11) is 0. The van der Waals surface area contributed by atoms with Gasteiger partial charge >= 0.3 is 0 Å². The van der Waals surface area contributed by atoms with Gasteiger partial charge in [-0.2, -0.15) is 0 Å². The van der Waals surface area contributed by atoms with E-state index in [9.17, 15) is 8.78 Å². The van der Waals surface area contributed by atoms with Crippen LogP contribution in [0, 0.1) is 11.6 Å². The third kappa shape index (κ3) is 6.11. The number of nitrogens with zero attached hydrogens (tertiary/aromatic N) is 2. The number of piperazine rings is 1. The number of hydrogen-bond acceptors (Lipinski definition) is 3. The van der Waals surface area contributed by atoms with Crippen molar-refractivity contribution in [3.63, 3.8) is 0 Å². The number of ether oxygens (including phenoxy) is 1. The normalized spacial score (nSPS) is 15.6. The third-order valence-electron chi connectivity index (χ3n) is 6.35. The molecule has 1 aliphatic rings. The zero-order valence-corrected chi connectivity index (χ0v) is 19.4. The predicted molar refractivity (Wildman–Crippen MR) is 130 cm³/mol. The highest BCUT2D eigenvalue weighted by atomic mass is 19.1. The molecule has 3 nitrogen and oxygen atoms in total. The van der Waals surface area contributed by atoms with Gasteiger partial charge in [-0.1, -0.05) is 44.2 Å². The molecule has 4 rings (SSSR count). The zero-order valence-electron chi connectivity index (χ0n) is 19.4. The van der Waals surface area contributed by atoms with Crippen LogP contribution in [0.4, 0.5) is 14.5 Å². The molecule has 1 aliphatic heterocycles. The van der Waals surface area contributed by atoms with E-state index in [-0.39, 0.29) is 17.7 Å². The molecule has 0 amide bonds. The van der Waals surface area contributed by atoms with E-state index >= 15 is 0 Å². The molecule has 1 heterocycles. The number of anilines is 1. The van der Waals surface area contributed by atoms with Crippen LogP contribution in [0.1, 0.15) is 43.4 Å².